The normalized spacial score (nSPS) is 24.7. The molecule has 0 radical (unpaired) electrons. The molecule has 1 aliphatic heterocycles. The van der Waals surface area contributed by atoms with E-state index in [9.17, 15) is 20.4 Å². The molecule has 1 fully saturated rings. The lowest BCUT2D eigenvalue weighted by Gasteiger charge is -2.40. The van der Waals surface area contributed by atoms with Crippen molar-refractivity contribution in [3.8, 4) is 11.8 Å². The lowest BCUT2D eigenvalue weighted by Crippen LogP contribution is -2.55. The Hall–Kier alpha value is -2.83. The first kappa shape index (κ1) is 23.3. The van der Waals surface area contributed by atoms with Gasteiger partial charge in [-0.05, 0) is 41.3 Å². The summed E-state index contributed by atoms with van der Waals surface area (Å²) in [4.78, 5) is 7.88. The molecule has 7 nitrogen and oxygen atoms in total. The Kier molecular flexibility index (Phi) is 7.36. The zero-order valence-electron chi connectivity index (χ0n) is 17.5. The molecule has 1 aliphatic rings. The fourth-order valence-corrected chi connectivity index (χ4v) is 3.90. The Morgan fingerprint density at radius 3 is 2.27 bits per heavy atom. The van der Waals surface area contributed by atoms with Crippen molar-refractivity contribution < 1.29 is 25.2 Å². The zero-order chi connectivity index (χ0) is 23.4. The van der Waals surface area contributed by atoms with Crippen LogP contribution in [-0.4, -0.2) is 61.4 Å². The smallest absolute Gasteiger partial charge is 0.115 e. The molecule has 170 valence electrons. The molecule has 4 N–H and O–H groups in total. The highest BCUT2D eigenvalue weighted by atomic mass is 35.5. The van der Waals surface area contributed by atoms with Crippen LogP contribution in [0.25, 0.3) is 0 Å². The first-order valence-electron chi connectivity index (χ1n) is 10.4. The summed E-state index contributed by atoms with van der Waals surface area (Å²) in [6.07, 6.45) is -0.760. The molecule has 1 saturated heterocycles. The van der Waals surface area contributed by atoms with Crippen molar-refractivity contribution in [3.05, 3.63) is 94.0 Å². The van der Waals surface area contributed by atoms with Crippen LogP contribution in [0.3, 0.4) is 0 Å². The van der Waals surface area contributed by atoms with E-state index in [0.717, 1.165) is 22.3 Å². The largest absolute Gasteiger partial charge is 0.394 e. The molecular formula is C25H23ClN2O5. The lowest BCUT2D eigenvalue weighted by atomic mass is 9.90. The molecule has 0 spiro atoms. The summed E-state index contributed by atoms with van der Waals surface area (Å²) in [5, 5.41) is 40.5. The molecule has 5 atom stereocenters. The van der Waals surface area contributed by atoms with E-state index in [-0.39, 0.29) is 0 Å². The van der Waals surface area contributed by atoms with Gasteiger partial charge in [0.1, 0.15) is 36.8 Å². The highest BCUT2D eigenvalue weighted by molar-refractivity contribution is 6.31. The summed E-state index contributed by atoms with van der Waals surface area (Å²) in [7, 11) is 0. The monoisotopic (exact) mass is 466 g/mol. The van der Waals surface area contributed by atoms with Crippen molar-refractivity contribution in [2.24, 2.45) is 0 Å². The van der Waals surface area contributed by atoms with Gasteiger partial charge in [0, 0.05) is 23.0 Å². The molecule has 3 aromatic rings. The van der Waals surface area contributed by atoms with E-state index in [1.807, 2.05) is 24.3 Å². The second-order valence-electron chi connectivity index (χ2n) is 7.85. The summed E-state index contributed by atoms with van der Waals surface area (Å²) in [6.45, 7) is -0.478. The molecule has 1 aromatic heterocycles. The molecule has 2 heterocycles. The number of aliphatic hydroxyl groups is 4. The van der Waals surface area contributed by atoms with Gasteiger partial charge in [-0.15, -0.1) is 0 Å². The Balaban J connectivity index is 1.51. The van der Waals surface area contributed by atoms with E-state index in [0.29, 0.717) is 17.0 Å². The lowest BCUT2D eigenvalue weighted by molar-refractivity contribution is -0.231. The number of halogens is 1. The molecule has 33 heavy (non-hydrogen) atoms. The van der Waals surface area contributed by atoms with Crippen LogP contribution in [0, 0.1) is 11.8 Å². The Bertz CT molecular complexity index is 1140. The van der Waals surface area contributed by atoms with Gasteiger partial charge in [-0.1, -0.05) is 47.7 Å². The van der Waals surface area contributed by atoms with Gasteiger partial charge in [0.2, 0.25) is 0 Å². The minimum absolute atomic E-state index is 0.478. The molecule has 4 rings (SSSR count). The third-order valence-electron chi connectivity index (χ3n) is 5.55. The van der Waals surface area contributed by atoms with Crippen LogP contribution < -0.4 is 0 Å². The summed E-state index contributed by atoms with van der Waals surface area (Å²) in [5.41, 5.74) is 4.00. The number of hydrogen-bond donors (Lipinski definition) is 4. The summed E-state index contributed by atoms with van der Waals surface area (Å²) < 4.78 is 5.66. The number of aliphatic hydroxyl groups excluding tert-OH is 4. The van der Waals surface area contributed by atoms with Gasteiger partial charge in [0.15, 0.2) is 0 Å². The third kappa shape index (κ3) is 5.40. The van der Waals surface area contributed by atoms with Gasteiger partial charge in [0.05, 0.1) is 12.2 Å². The second kappa shape index (κ2) is 10.4. The van der Waals surface area contributed by atoms with Gasteiger partial charge in [-0.25, -0.2) is 9.97 Å². The number of nitrogens with zero attached hydrogens (tertiary/aromatic N) is 2. The number of rotatable bonds is 4. The van der Waals surface area contributed by atoms with Crippen LogP contribution in [-0.2, 0) is 11.2 Å². The molecule has 0 bridgehead atoms. The Labute approximate surface area is 196 Å². The van der Waals surface area contributed by atoms with Crippen LogP contribution >= 0.6 is 11.6 Å². The first-order chi connectivity index (χ1) is 16.0. The van der Waals surface area contributed by atoms with Gasteiger partial charge in [-0.3, -0.25) is 0 Å². The molecule has 0 saturated carbocycles. The Morgan fingerprint density at radius 2 is 1.58 bits per heavy atom. The van der Waals surface area contributed by atoms with Crippen LogP contribution in [0.2, 0.25) is 5.02 Å². The van der Waals surface area contributed by atoms with Crippen LogP contribution in [0.5, 0.6) is 0 Å². The predicted molar refractivity (Wildman–Crippen MR) is 121 cm³/mol. The van der Waals surface area contributed by atoms with Gasteiger partial charge in [0.25, 0.3) is 0 Å². The molecule has 8 heteroatoms. The van der Waals surface area contributed by atoms with Gasteiger partial charge in [-0.2, -0.15) is 0 Å². The van der Waals surface area contributed by atoms with Crippen molar-refractivity contribution in [1.82, 2.24) is 9.97 Å². The minimum atomic E-state index is -1.43. The summed E-state index contributed by atoms with van der Waals surface area (Å²) in [6, 6.07) is 13.0. The van der Waals surface area contributed by atoms with Gasteiger partial charge >= 0.3 is 0 Å². The van der Waals surface area contributed by atoms with Gasteiger partial charge < -0.3 is 25.2 Å². The van der Waals surface area contributed by atoms with Crippen LogP contribution in [0.1, 0.15) is 33.9 Å². The summed E-state index contributed by atoms with van der Waals surface area (Å²) >= 11 is 6.41. The SMILES string of the molecule is OC[C@H]1O[C@@H](c2ccc(Cl)c(Cc3ccc(C#Cc4cncnc4)cc3)c2)[C@H](O)[C@@H](O)[C@@H]1O. The minimum Gasteiger partial charge on any atom is -0.394 e. The Morgan fingerprint density at radius 1 is 0.879 bits per heavy atom. The molecule has 0 aliphatic carbocycles. The van der Waals surface area contributed by atoms with Crippen LogP contribution in [0.4, 0.5) is 0 Å². The maximum atomic E-state index is 10.4. The zero-order valence-corrected chi connectivity index (χ0v) is 18.3. The standard InChI is InChI=1S/C25H23ClN2O5/c26-20-8-7-18(25-24(32)23(31)22(30)21(13-29)33-25)10-19(20)9-16-4-1-15(2-5-16)3-6-17-11-27-14-28-12-17/h1-2,4-5,7-8,10-12,14,21-25,29-32H,9,13H2/t21-,22-,23+,24-,25+/m1/s1. The number of aromatic nitrogens is 2. The average molecular weight is 467 g/mol. The second-order valence-corrected chi connectivity index (χ2v) is 8.26. The molecule has 0 amide bonds. The number of ether oxygens (including phenoxy) is 1. The van der Waals surface area contributed by atoms with E-state index < -0.39 is 37.1 Å². The molecule has 2 aromatic carbocycles. The molecular weight excluding hydrogens is 444 g/mol. The topological polar surface area (TPSA) is 116 Å². The molecule has 0 unspecified atom stereocenters. The number of benzene rings is 2. The maximum absolute atomic E-state index is 10.4. The van der Waals surface area contributed by atoms with E-state index >= 15 is 0 Å². The highest BCUT2D eigenvalue weighted by Gasteiger charge is 2.44. The van der Waals surface area contributed by atoms with E-state index in [2.05, 4.69) is 21.8 Å². The van der Waals surface area contributed by atoms with Crippen molar-refractivity contribution in [3.63, 3.8) is 0 Å². The summed E-state index contributed by atoms with van der Waals surface area (Å²) in [5.74, 6) is 6.09. The van der Waals surface area contributed by atoms with Crippen LogP contribution in [0.15, 0.2) is 61.2 Å². The van der Waals surface area contributed by atoms with Crippen molar-refractivity contribution >= 4 is 11.6 Å². The predicted octanol–water partition coefficient (Wildman–Crippen LogP) is 1.64. The van der Waals surface area contributed by atoms with Crippen molar-refractivity contribution in [2.45, 2.75) is 36.9 Å². The first-order valence-corrected chi connectivity index (χ1v) is 10.8. The third-order valence-corrected chi connectivity index (χ3v) is 5.92. The van der Waals surface area contributed by atoms with E-state index in [1.165, 1.54) is 6.33 Å². The maximum Gasteiger partial charge on any atom is 0.115 e. The van der Waals surface area contributed by atoms with Crippen molar-refractivity contribution in [2.75, 3.05) is 6.61 Å². The van der Waals surface area contributed by atoms with Crippen molar-refractivity contribution in [1.29, 1.82) is 0 Å². The quantitative estimate of drug-likeness (QED) is 0.432. The van der Waals surface area contributed by atoms with E-state index in [1.54, 1.807) is 30.6 Å². The fraction of sp³-hybridized carbons (Fsp3) is 0.280. The highest BCUT2D eigenvalue weighted by Crippen LogP contribution is 2.34. The van der Waals surface area contributed by atoms with E-state index in [4.69, 9.17) is 16.3 Å². The average Bonchev–Trinajstić information content (AvgIpc) is 2.84. The fourth-order valence-electron chi connectivity index (χ4n) is 3.72. The number of hydrogen-bond acceptors (Lipinski definition) is 7.